The number of alkyl halides is 3. The van der Waals surface area contributed by atoms with E-state index in [0.29, 0.717) is 31.9 Å². The van der Waals surface area contributed by atoms with Crippen molar-refractivity contribution in [1.29, 1.82) is 0 Å². The second kappa shape index (κ2) is 7.85. The Morgan fingerprint density at radius 3 is 2.92 bits per heavy atom. The van der Waals surface area contributed by atoms with E-state index in [-0.39, 0.29) is 18.1 Å². The molecule has 3 heterocycles. The van der Waals surface area contributed by atoms with Crippen molar-refractivity contribution in [1.82, 2.24) is 19.8 Å². The minimum absolute atomic E-state index is 0.0741. The number of nitrogens with one attached hydrogen (secondary N) is 1. The molecule has 0 spiro atoms. The van der Waals surface area contributed by atoms with Crippen molar-refractivity contribution < 1.29 is 22.7 Å². The van der Waals surface area contributed by atoms with E-state index in [2.05, 4.69) is 10.3 Å². The Bertz CT molecular complexity index is 626. The topological polar surface area (TPSA) is 59.4 Å². The molecule has 1 N–H and O–H groups in total. The van der Waals surface area contributed by atoms with E-state index in [1.807, 2.05) is 0 Å². The van der Waals surface area contributed by atoms with Crippen molar-refractivity contribution in [2.75, 3.05) is 26.7 Å². The van der Waals surface area contributed by atoms with Crippen LogP contribution in [0.15, 0.2) is 6.20 Å². The van der Waals surface area contributed by atoms with E-state index in [4.69, 9.17) is 4.74 Å². The molecular weight excluding hydrogens is 349 g/mol. The van der Waals surface area contributed by atoms with E-state index in [0.717, 1.165) is 38.5 Å². The first-order valence-corrected chi connectivity index (χ1v) is 9.06. The number of amides is 2. The number of nitrogens with zero attached hydrogens (tertiary/aromatic N) is 3. The van der Waals surface area contributed by atoms with E-state index in [1.54, 1.807) is 16.5 Å². The first-order valence-electron chi connectivity index (χ1n) is 9.06. The van der Waals surface area contributed by atoms with Crippen molar-refractivity contribution in [3.63, 3.8) is 0 Å². The van der Waals surface area contributed by atoms with Gasteiger partial charge >= 0.3 is 12.2 Å². The molecule has 1 fully saturated rings. The van der Waals surface area contributed by atoms with Crippen LogP contribution < -0.4 is 5.32 Å². The molecule has 2 aliphatic rings. The summed E-state index contributed by atoms with van der Waals surface area (Å²) in [5.74, 6) is 0.578. The highest BCUT2D eigenvalue weighted by molar-refractivity contribution is 5.73. The first-order chi connectivity index (χ1) is 12.3. The summed E-state index contributed by atoms with van der Waals surface area (Å²) in [6.45, 7) is 2.18. The fourth-order valence-corrected chi connectivity index (χ4v) is 3.57. The van der Waals surface area contributed by atoms with Gasteiger partial charge in [0.15, 0.2) is 5.69 Å². The molecule has 1 aromatic heterocycles. The molecule has 3 rings (SSSR count). The van der Waals surface area contributed by atoms with E-state index in [9.17, 15) is 18.0 Å². The quantitative estimate of drug-likeness (QED) is 0.882. The van der Waals surface area contributed by atoms with E-state index >= 15 is 0 Å². The predicted molar refractivity (Wildman–Crippen MR) is 88.7 cm³/mol. The van der Waals surface area contributed by atoms with Crippen molar-refractivity contribution in [3.05, 3.63) is 17.7 Å². The van der Waals surface area contributed by atoms with Crippen LogP contribution in [-0.4, -0.2) is 53.3 Å². The number of ether oxygens (including phenoxy) is 1. The smallest absolute Gasteiger partial charge is 0.376 e. The predicted octanol–water partition coefficient (Wildman–Crippen LogP) is 2.67. The zero-order chi connectivity index (χ0) is 18.7. The number of aromatic nitrogens is 2. The van der Waals surface area contributed by atoms with Crippen LogP contribution in [-0.2, 0) is 23.9 Å². The standard InChI is InChI=1S/C17H25F3N4O2/c1-23(16(25)21-8-13-4-2-3-7-26-13)9-12-5-6-15-22-14(17(18,19)20)11-24(15)10-12/h11-13H,2-10H2,1H3,(H,21,25)/t12-,13-/m0/s1. The number of hydrogen-bond acceptors (Lipinski definition) is 3. The highest BCUT2D eigenvalue weighted by Crippen LogP contribution is 2.30. The normalized spacial score (nSPS) is 23.4. The number of carbonyl (C=O) groups is 1. The SMILES string of the molecule is CN(C[C@@H]1CCc2nc(C(F)(F)F)cn2C1)C(=O)NC[C@@H]1CCCCO1. The maximum atomic E-state index is 12.8. The molecule has 0 bridgehead atoms. The molecule has 26 heavy (non-hydrogen) atoms. The molecule has 0 radical (unpaired) electrons. The van der Waals surface area contributed by atoms with Crippen LogP contribution in [0.5, 0.6) is 0 Å². The van der Waals surface area contributed by atoms with Gasteiger partial charge in [-0.1, -0.05) is 0 Å². The highest BCUT2D eigenvalue weighted by atomic mass is 19.4. The molecule has 146 valence electrons. The van der Waals surface area contributed by atoms with E-state index in [1.165, 1.54) is 0 Å². The molecule has 0 aliphatic carbocycles. The van der Waals surface area contributed by atoms with Crippen LogP contribution >= 0.6 is 0 Å². The lowest BCUT2D eigenvalue weighted by Gasteiger charge is -2.29. The van der Waals surface area contributed by atoms with Gasteiger partial charge in [-0.2, -0.15) is 13.2 Å². The Balaban J connectivity index is 1.48. The van der Waals surface area contributed by atoms with Gasteiger partial charge in [-0.3, -0.25) is 0 Å². The summed E-state index contributed by atoms with van der Waals surface area (Å²) < 4.78 is 45.5. The lowest BCUT2D eigenvalue weighted by atomic mass is 9.99. The molecule has 1 aromatic rings. The van der Waals surface area contributed by atoms with Crippen molar-refractivity contribution in [2.24, 2.45) is 5.92 Å². The molecule has 6 nitrogen and oxygen atoms in total. The van der Waals surface area contributed by atoms with Gasteiger partial charge in [0.1, 0.15) is 5.82 Å². The second-order valence-corrected chi connectivity index (χ2v) is 7.15. The fourth-order valence-electron chi connectivity index (χ4n) is 3.57. The average Bonchev–Trinajstić information content (AvgIpc) is 3.04. The first kappa shape index (κ1) is 19.0. The number of rotatable bonds is 4. The fraction of sp³-hybridized carbons (Fsp3) is 0.765. The number of fused-ring (bicyclic) bond motifs is 1. The van der Waals surface area contributed by atoms with Gasteiger partial charge in [0.25, 0.3) is 0 Å². The van der Waals surface area contributed by atoms with Gasteiger partial charge in [-0.15, -0.1) is 0 Å². The molecule has 1 saturated heterocycles. The van der Waals surface area contributed by atoms with Gasteiger partial charge in [-0.25, -0.2) is 9.78 Å². The van der Waals surface area contributed by atoms with Gasteiger partial charge < -0.3 is 19.5 Å². The lowest BCUT2D eigenvalue weighted by molar-refractivity contribution is -0.141. The highest BCUT2D eigenvalue weighted by Gasteiger charge is 2.36. The van der Waals surface area contributed by atoms with Crippen molar-refractivity contribution in [3.8, 4) is 0 Å². The molecule has 0 aromatic carbocycles. The third-order valence-corrected chi connectivity index (χ3v) is 5.01. The summed E-state index contributed by atoms with van der Waals surface area (Å²) in [5.41, 5.74) is -0.841. The van der Waals surface area contributed by atoms with Gasteiger partial charge in [0, 0.05) is 45.9 Å². The van der Waals surface area contributed by atoms with E-state index < -0.39 is 11.9 Å². The monoisotopic (exact) mass is 374 g/mol. The van der Waals surface area contributed by atoms with Crippen LogP contribution in [0.2, 0.25) is 0 Å². The zero-order valence-corrected chi connectivity index (χ0v) is 14.9. The Kier molecular flexibility index (Phi) is 5.74. The average molecular weight is 374 g/mol. The Hall–Kier alpha value is -1.77. The summed E-state index contributed by atoms with van der Waals surface area (Å²) in [5, 5.41) is 2.88. The second-order valence-electron chi connectivity index (χ2n) is 7.15. The van der Waals surface area contributed by atoms with Crippen molar-refractivity contribution >= 4 is 6.03 Å². The lowest BCUT2D eigenvalue weighted by Crippen LogP contribution is -2.44. The minimum atomic E-state index is -4.42. The summed E-state index contributed by atoms with van der Waals surface area (Å²) in [6.07, 6.45) is 1.08. The third-order valence-electron chi connectivity index (χ3n) is 5.01. The zero-order valence-electron chi connectivity index (χ0n) is 14.9. The largest absolute Gasteiger partial charge is 0.434 e. The number of imidazole rings is 1. The van der Waals surface area contributed by atoms with Crippen LogP contribution in [0, 0.1) is 5.92 Å². The number of aryl methyl sites for hydroxylation is 1. The van der Waals surface area contributed by atoms with Gasteiger partial charge in [0.05, 0.1) is 6.10 Å². The molecule has 9 heteroatoms. The Labute approximate surface area is 150 Å². The summed E-state index contributed by atoms with van der Waals surface area (Å²) in [6, 6.07) is -0.174. The van der Waals surface area contributed by atoms with Crippen molar-refractivity contribution in [2.45, 2.75) is 50.9 Å². The molecule has 0 saturated carbocycles. The van der Waals surface area contributed by atoms with Crippen LogP contribution in [0.3, 0.4) is 0 Å². The maximum absolute atomic E-state index is 12.8. The number of urea groups is 1. The molecule has 2 atom stereocenters. The summed E-state index contributed by atoms with van der Waals surface area (Å²) >= 11 is 0. The number of halogens is 3. The molecular formula is C17H25F3N4O2. The Morgan fingerprint density at radius 1 is 1.42 bits per heavy atom. The number of hydrogen-bond donors (Lipinski definition) is 1. The third kappa shape index (κ3) is 4.69. The minimum Gasteiger partial charge on any atom is -0.376 e. The van der Waals surface area contributed by atoms with Gasteiger partial charge in [-0.05, 0) is 31.6 Å². The number of carbonyl (C=O) groups excluding carboxylic acids is 1. The van der Waals surface area contributed by atoms with Crippen LogP contribution in [0.1, 0.15) is 37.2 Å². The summed E-state index contributed by atoms with van der Waals surface area (Å²) in [4.78, 5) is 17.5. The maximum Gasteiger partial charge on any atom is 0.434 e. The molecule has 0 unspecified atom stereocenters. The van der Waals surface area contributed by atoms with Crippen LogP contribution in [0.25, 0.3) is 0 Å². The van der Waals surface area contributed by atoms with Crippen LogP contribution in [0.4, 0.5) is 18.0 Å². The summed E-state index contributed by atoms with van der Waals surface area (Å²) in [7, 11) is 1.71. The molecule has 2 aliphatic heterocycles. The molecule has 2 amide bonds. The Morgan fingerprint density at radius 2 is 2.23 bits per heavy atom. The van der Waals surface area contributed by atoms with Gasteiger partial charge in [0.2, 0.25) is 0 Å².